The van der Waals surface area contributed by atoms with Crippen LogP contribution in [0.5, 0.6) is 0 Å². The second-order valence-electron chi connectivity index (χ2n) is 6.88. The number of hydrogen-bond acceptors (Lipinski definition) is 1. The van der Waals surface area contributed by atoms with Gasteiger partial charge in [-0.25, -0.2) is 0 Å². The highest BCUT2D eigenvalue weighted by Gasteiger charge is 2.44. The van der Waals surface area contributed by atoms with E-state index in [-0.39, 0.29) is 5.92 Å². The third kappa shape index (κ3) is 3.00. The van der Waals surface area contributed by atoms with Gasteiger partial charge in [-0.05, 0) is 22.3 Å². The summed E-state index contributed by atoms with van der Waals surface area (Å²) in [6.45, 7) is 0. The van der Waals surface area contributed by atoms with Crippen molar-refractivity contribution in [2.45, 2.75) is 11.3 Å². The molecule has 1 unspecified atom stereocenters. The first-order valence-electron chi connectivity index (χ1n) is 9.48. The van der Waals surface area contributed by atoms with E-state index in [1.165, 1.54) is 0 Å². The maximum atomic E-state index is 10.4. The molecule has 134 valence electrons. The van der Waals surface area contributed by atoms with E-state index in [1.54, 1.807) is 0 Å². The molecule has 0 aliphatic heterocycles. The molecule has 1 nitrogen and oxygen atoms in total. The van der Waals surface area contributed by atoms with Gasteiger partial charge in [-0.3, -0.25) is 0 Å². The Morgan fingerprint density at radius 2 is 0.821 bits per heavy atom. The molecular weight excluding hydrogens is 338 g/mol. The Morgan fingerprint density at radius 3 is 1.14 bits per heavy atom. The largest absolute Gasteiger partial charge is 0.198 e. The predicted octanol–water partition coefficient (Wildman–Crippen LogP) is 6.33. The van der Waals surface area contributed by atoms with Crippen LogP contribution in [0.1, 0.15) is 28.2 Å². The van der Waals surface area contributed by atoms with Crippen LogP contribution in [0.3, 0.4) is 0 Å². The van der Waals surface area contributed by atoms with E-state index in [1.807, 2.05) is 36.4 Å². The van der Waals surface area contributed by atoms with Crippen LogP contribution >= 0.6 is 0 Å². The van der Waals surface area contributed by atoms with Crippen molar-refractivity contribution in [2.75, 3.05) is 0 Å². The monoisotopic (exact) mass is 359 g/mol. The normalized spacial score (nSPS) is 12.1. The van der Waals surface area contributed by atoms with Gasteiger partial charge >= 0.3 is 0 Å². The zero-order valence-corrected chi connectivity index (χ0v) is 15.6. The van der Waals surface area contributed by atoms with Crippen LogP contribution in [0.4, 0.5) is 0 Å². The predicted molar refractivity (Wildman–Crippen MR) is 114 cm³/mol. The fourth-order valence-electron chi connectivity index (χ4n) is 4.17. The van der Waals surface area contributed by atoms with E-state index in [2.05, 4.69) is 91.0 Å². The van der Waals surface area contributed by atoms with Crippen LogP contribution in [0.15, 0.2) is 121 Å². The quantitative estimate of drug-likeness (QED) is 0.382. The molecule has 0 N–H and O–H groups in total. The Balaban J connectivity index is 2.12. The summed E-state index contributed by atoms with van der Waals surface area (Å²) in [5.74, 6) is -0.374. The molecule has 0 saturated heterocycles. The summed E-state index contributed by atoms with van der Waals surface area (Å²) in [6.07, 6.45) is 0. The van der Waals surface area contributed by atoms with Gasteiger partial charge in [0.15, 0.2) is 0 Å². The van der Waals surface area contributed by atoms with Gasteiger partial charge in [0.25, 0.3) is 0 Å². The Hall–Kier alpha value is -3.63. The standard InChI is InChI=1S/C27H21N/c28-21-26(22-13-5-1-6-14-22)27(23-15-7-2-8-16-23,24-17-9-3-10-18-24)25-19-11-4-12-20-25/h1-20,26H. The van der Waals surface area contributed by atoms with Gasteiger partial charge in [-0.15, -0.1) is 0 Å². The summed E-state index contributed by atoms with van der Waals surface area (Å²) < 4.78 is 0. The molecule has 0 bridgehead atoms. The number of benzene rings is 4. The number of rotatable bonds is 5. The molecule has 1 heteroatoms. The zero-order chi connectivity index (χ0) is 19.2. The topological polar surface area (TPSA) is 23.8 Å². The van der Waals surface area contributed by atoms with Crippen molar-refractivity contribution in [1.82, 2.24) is 0 Å². The number of hydrogen-bond donors (Lipinski definition) is 0. The van der Waals surface area contributed by atoms with Gasteiger partial charge in [0.05, 0.1) is 17.4 Å². The van der Waals surface area contributed by atoms with Crippen LogP contribution in [0.2, 0.25) is 0 Å². The Kier molecular flexibility index (Phi) is 5.04. The minimum absolute atomic E-state index is 0.374. The van der Waals surface area contributed by atoms with E-state index in [0.717, 1.165) is 22.3 Å². The fraction of sp³-hybridized carbons (Fsp3) is 0.0741. The van der Waals surface area contributed by atoms with Crippen molar-refractivity contribution in [3.8, 4) is 6.07 Å². The lowest BCUT2D eigenvalue weighted by Crippen LogP contribution is -2.36. The highest BCUT2D eigenvalue weighted by atomic mass is 14.5. The molecule has 0 aliphatic carbocycles. The fourth-order valence-corrected chi connectivity index (χ4v) is 4.17. The summed E-state index contributed by atoms with van der Waals surface area (Å²) in [7, 11) is 0. The average molecular weight is 359 g/mol. The van der Waals surface area contributed by atoms with E-state index in [9.17, 15) is 5.26 Å². The van der Waals surface area contributed by atoms with Gasteiger partial charge in [-0.1, -0.05) is 121 Å². The average Bonchev–Trinajstić information content (AvgIpc) is 2.80. The van der Waals surface area contributed by atoms with Crippen LogP contribution in [0, 0.1) is 11.3 Å². The molecule has 0 saturated carbocycles. The van der Waals surface area contributed by atoms with Gasteiger partial charge < -0.3 is 0 Å². The molecule has 28 heavy (non-hydrogen) atoms. The molecule has 0 amide bonds. The summed E-state index contributed by atoms with van der Waals surface area (Å²) in [5, 5.41) is 10.4. The zero-order valence-electron chi connectivity index (χ0n) is 15.6. The van der Waals surface area contributed by atoms with E-state index in [4.69, 9.17) is 0 Å². The summed E-state index contributed by atoms with van der Waals surface area (Å²) in [4.78, 5) is 0. The molecule has 4 aromatic rings. The molecule has 0 aromatic heterocycles. The number of nitrogens with zero attached hydrogens (tertiary/aromatic N) is 1. The second kappa shape index (κ2) is 7.94. The number of nitriles is 1. The Bertz CT molecular complexity index is 952. The van der Waals surface area contributed by atoms with E-state index >= 15 is 0 Å². The molecule has 0 aliphatic rings. The van der Waals surface area contributed by atoms with Crippen molar-refractivity contribution in [1.29, 1.82) is 5.26 Å². The smallest absolute Gasteiger partial charge is 0.0890 e. The van der Waals surface area contributed by atoms with Gasteiger partial charge in [-0.2, -0.15) is 5.26 Å². The van der Waals surface area contributed by atoms with Crippen LogP contribution in [-0.4, -0.2) is 0 Å². The van der Waals surface area contributed by atoms with Gasteiger partial charge in [0.2, 0.25) is 0 Å². The highest BCUT2D eigenvalue weighted by Crippen LogP contribution is 2.49. The summed E-state index contributed by atoms with van der Waals surface area (Å²) in [5.41, 5.74) is 3.75. The summed E-state index contributed by atoms with van der Waals surface area (Å²) in [6, 6.07) is 43.9. The third-order valence-electron chi connectivity index (χ3n) is 5.38. The Morgan fingerprint density at radius 1 is 0.500 bits per heavy atom. The van der Waals surface area contributed by atoms with Gasteiger partial charge in [0.1, 0.15) is 0 Å². The molecule has 0 heterocycles. The second-order valence-corrected chi connectivity index (χ2v) is 6.88. The van der Waals surface area contributed by atoms with Crippen molar-refractivity contribution >= 4 is 0 Å². The van der Waals surface area contributed by atoms with Crippen LogP contribution < -0.4 is 0 Å². The van der Waals surface area contributed by atoms with Crippen molar-refractivity contribution in [3.63, 3.8) is 0 Å². The SMILES string of the molecule is N#CC(c1ccccc1)C(c1ccccc1)(c1ccccc1)c1ccccc1. The minimum atomic E-state index is -0.611. The first-order valence-corrected chi connectivity index (χ1v) is 9.48. The van der Waals surface area contributed by atoms with Crippen LogP contribution in [0.25, 0.3) is 0 Å². The molecule has 1 atom stereocenters. The van der Waals surface area contributed by atoms with Crippen molar-refractivity contribution in [2.24, 2.45) is 0 Å². The van der Waals surface area contributed by atoms with Crippen molar-refractivity contribution < 1.29 is 0 Å². The molecule has 4 aromatic carbocycles. The van der Waals surface area contributed by atoms with Crippen LogP contribution in [-0.2, 0) is 5.41 Å². The molecule has 4 rings (SSSR count). The van der Waals surface area contributed by atoms with Gasteiger partial charge in [0, 0.05) is 0 Å². The maximum Gasteiger partial charge on any atom is 0.0890 e. The highest BCUT2D eigenvalue weighted by molar-refractivity contribution is 5.56. The Labute approximate surface area is 166 Å². The summed E-state index contributed by atoms with van der Waals surface area (Å²) >= 11 is 0. The molecule has 0 fully saturated rings. The lowest BCUT2D eigenvalue weighted by molar-refractivity contribution is 0.558. The van der Waals surface area contributed by atoms with E-state index < -0.39 is 5.41 Å². The lowest BCUT2D eigenvalue weighted by atomic mass is 9.60. The minimum Gasteiger partial charge on any atom is -0.198 e. The van der Waals surface area contributed by atoms with Crippen molar-refractivity contribution in [3.05, 3.63) is 144 Å². The maximum absolute atomic E-state index is 10.4. The first-order chi connectivity index (χ1) is 13.9. The molecule has 0 radical (unpaired) electrons. The first kappa shape index (κ1) is 17.8. The molecular formula is C27H21N. The molecule has 0 spiro atoms. The lowest BCUT2D eigenvalue weighted by Gasteiger charge is -2.40. The van der Waals surface area contributed by atoms with E-state index in [0.29, 0.717) is 0 Å². The third-order valence-corrected chi connectivity index (χ3v) is 5.38.